The van der Waals surface area contributed by atoms with Crippen LogP contribution in [0.15, 0.2) is 0 Å². The van der Waals surface area contributed by atoms with Crippen LogP contribution in [0, 0.1) is 23.7 Å². The molecule has 1 aliphatic carbocycles. The molecule has 0 amide bonds. The van der Waals surface area contributed by atoms with Gasteiger partial charge in [0, 0.05) is 0 Å². The van der Waals surface area contributed by atoms with E-state index in [-0.39, 0.29) is 5.56 Å². The van der Waals surface area contributed by atoms with E-state index in [1.807, 2.05) is 0 Å². The first-order chi connectivity index (χ1) is 7.95. The first-order valence-electron chi connectivity index (χ1n) is 7.25. The van der Waals surface area contributed by atoms with Gasteiger partial charge in [-0.3, -0.25) is 0 Å². The van der Waals surface area contributed by atoms with Crippen LogP contribution in [-0.4, -0.2) is 11.7 Å². The second-order valence-electron chi connectivity index (χ2n) is 6.24. The van der Waals surface area contributed by atoms with Crippen molar-refractivity contribution in [3.63, 3.8) is 0 Å². The van der Waals surface area contributed by atoms with Gasteiger partial charge in [0.2, 0.25) is 0 Å². The van der Waals surface area contributed by atoms with Gasteiger partial charge in [0.15, 0.2) is 0 Å². The van der Waals surface area contributed by atoms with Crippen molar-refractivity contribution < 1.29 is 4.74 Å². The van der Waals surface area contributed by atoms with E-state index in [2.05, 4.69) is 34.6 Å². The van der Waals surface area contributed by atoms with Crippen LogP contribution in [0.2, 0.25) is 0 Å². The SMILES string of the molecule is CCC(C)C(Cl)OC1CC(C)CCC1C(C)C. The largest absolute Gasteiger partial charge is 0.359 e. The van der Waals surface area contributed by atoms with Crippen LogP contribution in [0.1, 0.15) is 60.3 Å². The third kappa shape index (κ3) is 4.44. The van der Waals surface area contributed by atoms with E-state index in [0.717, 1.165) is 12.3 Å². The van der Waals surface area contributed by atoms with Gasteiger partial charge in [0.25, 0.3) is 0 Å². The lowest BCUT2D eigenvalue weighted by Gasteiger charge is -2.38. The molecular formula is C15H29ClO. The highest BCUT2D eigenvalue weighted by atomic mass is 35.5. The Hall–Kier alpha value is 0.250. The highest BCUT2D eigenvalue weighted by molar-refractivity contribution is 6.19. The van der Waals surface area contributed by atoms with Gasteiger partial charge < -0.3 is 4.74 Å². The second kappa shape index (κ2) is 6.99. The molecule has 0 saturated heterocycles. The maximum Gasteiger partial charge on any atom is 0.134 e. The van der Waals surface area contributed by atoms with Gasteiger partial charge in [-0.25, -0.2) is 0 Å². The topological polar surface area (TPSA) is 9.23 Å². The molecule has 0 heterocycles. The Morgan fingerprint density at radius 3 is 2.41 bits per heavy atom. The molecule has 1 nitrogen and oxygen atoms in total. The monoisotopic (exact) mass is 260 g/mol. The number of alkyl halides is 1. The van der Waals surface area contributed by atoms with Crippen LogP contribution in [0.5, 0.6) is 0 Å². The van der Waals surface area contributed by atoms with E-state index >= 15 is 0 Å². The lowest BCUT2D eigenvalue weighted by atomic mass is 9.75. The van der Waals surface area contributed by atoms with E-state index < -0.39 is 0 Å². The Morgan fingerprint density at radius 1 is 1.24 bits per heavy atom. The normalized spacial score (nSPS) is 33.7. The molecule has 1 saturated carbocycles. The minimum Gasteiger partial charge on any atom is -0.359 e. The van der Waals surface area contributed by atoms with Crippen LogP contribution in [-0.2, 0) is 4.74 Å². The molecule has 0 aromatic rings. The summed E-state index contributed by atoms with van der Waals surface area (Å²) in [6, 6.07) is 0. The first kappa shape index (κ1) is 15.3. The zero-order valence-electron chi connectivity index (χ0n) is 12.1. The number of rotatable bonds is 5. The van der Waals surface area contributed by atoms with E-state index in [4.69, 9.17) is 16.3 Å². The highest BCUT2D eigenvalue weighted by Crippen LogP contribution is 2.37. The molecule has 102 valence electrons. The fourth-order valence-electron chi connectivity index (χ4n) is 2.76. The van der Waals surface area contributed by atoms with Crippen molar-refractivity contribution in [3.8, 4) is 0 Å². The minimum absolute atomic E-state index is 0.114. The molecule has 0 aliphatic heterocycles. The van der Waals surface area contributed by atoms with Gasteiger partial charge >= 0.3 is 0 Å². The summed E-state index contributed by atoms with van der Waals surface area (Å²) in [5.41, 5.74) is -0.114. The second-order valence-corrected chi connectivity index (χ2v) is 6.67. The smallest absolute Gasteiger partial charge is 0.134 e. The van der Waals surface area contributed by atoms with Crippen LogP contribution in [0.4, 0.5) is 0 Å². The number of halogens is 1. The summed E-state index contributed by atoms with van der Waals surface area (Å²) in [6.07, 6.45) is 5.29. The summed E-state index contributed by atoms with van der Waals surface area (Å²) in [6.45, 7) is 11.3. The van der Waals surface area contributed by atoms with Gasteiger partial charge in [-0.15, -0.1) is 0 Å². The molecule has 1 fully saturated rings. The van der Waals surface area contributed by atoms with Crippen molar-refractivity contribution in [2.24, 2.45) is 23.7 Å². The van der Waals surface area contributed by atoms with Gasteiger partial charge in [-0.1, -0.05) is 52.6 Å². The summed E-state index contributed by atoms with van der Waals surface area (Å²) in [7, 11) is 0. The maximum atomic E-state index is 6.36. The Kier molecular flexibility index (Phi) is 6.30. The molecule has 0 spiro atoms. The van der Waals surface area contributed by atoms with Gasteiger partial charge in [-0.05, 0) is 42.9 Å². The van der Waals surface area contributed by atoms with Crippen molar-refractivity contribution in [2.75, 3.05) is 0 Å². The first-order valence-corrected chi connectivity index (χ1v) is 7.68. The summed E-state index contributed by atoms with van der Waals surface area (Å²) in [4.78, 5) is 0. The lowest BCUT2D eigenvalue weighted by Crippen LogP contribution is -2.37. The minimum atomic E-state index is -0.114. The third-order valence-electron chi connectivity index (χ3n) is 4.36. The third-order valence-corrected chi connectivity index (χ3v) is 4.89. The molecule has 1 aliphatic rings. The molecule has 0 N–H and O–H groups in total. The number of ether oxygens (including phenoxy) is 1. The quantitative estimate of drug-likeness (QED) is 0.627. The average molecular weight is 261 g/mol. The Morgan fingerprint density at radius 2 is 1.88 bits per heavy atom. The van der Waals surface area contributed by atoms with Crippen molar-refractivity contribution >= 4 is 11.6 Å². The van der Waals surface area contributed by atoms with Crippen molar-refractivity contribution in [1.29, 1.82) is 0 Å². The van der Waals surface area contributed by atoms with E-state index in [9.17, 15) is 0 Å². The van der Waals surface area contributed by atoms with Gasteiger partial charge in [-0.2, -0.15) is 0 Å². The van der Waals surface area contributed by atoms with Crippen molar-refractivity contribution in [2.45, 2.75) is 72.0 Å². The van der Waals surface area contributed by atoms with Gasteiger partial charge in [0.1, 0.15) is 5.56 Å². The average Bonchev–Trinajstić information content (AvgIpc) is 2.27. The number of hydrogen-bond acceptors (Lipinski definition) is 1. The molecule has 17 heavy (non-hydrogen) atoms. The Balaban J connectivity index is 2.57. The van der Waals surface area contributed by atoms with Gasteiger partial charge in [0.05, 0.1) is 6.10 Å². The molecule has 0 aromatic heterocycles. The summed E-state index contributed by atoms with van der Waals surface area (Å²) in [5, 5.41) is 0. The Labute approximate surface area is 112 Å². The maximum absolute atomic E-state index is 6.36. The zero-order valence-corrected chi connectivity index (χ0v) is 12.8. The van der Waals surface area contributed by atoms with Crippen LogP contribution in [0.3, 0.4) is 0 Å². The molecule has 0 bridgehead atoms. The fourth-order valence-corrected chi connectivity index (χ4v) is 3.07. The van der Waals surface area contributed by atoms with E-state index in [1.54, 1.807) is 0 Å². The Bertz CT molecular complexity index is 217. The predicted molar refractivity (Wildman–Crippen MR) is 75.3 cm³/mol. The summed E-state index contributed by atoms with van der Waals surface area (Å²) in [5.74, 6) is 2.63. The predicted octanol–water partition coefficient (Wildman–Crippen LogP) is 5.07. The molecule has 0 aromatic carbocycles. The van der Waals surface area contributed by atoms with Crippen LogP contribution >= 0.6 is 11.6 Å². The van der Waals surface area contributed by atoms with E-state index in [1.165, 1.54) is 19.3 Å². The van der Waals surface area contributed by atoms with Crippen LogP contribution < -0.4 is 0 Å². The molecule has 2 heteroatoms. The summed E-state index contributed by atoms with van der Waals surface area (Å²) >= 11 is 6.36. The van der Waals surface area contributed by atoms with Crippen LogP contribution in [0.25, 0.3) is 0 Å². The fraction of sp³-hybridized carbons (Fsp3) is 1.00. The highest BCUT2D eigenvalue weighted by Gasteiger charge is 2.33. The summed E-state index contributed by atoms with van der Waals surface area (Å²) < 4.78 is 6.15. The lowest BCUT2D eigenvalue weighted by molar-refractivity contribution is -0.0669. The van der Waals surface area contributed by atoms with Crippen molar-refractivity contribution in [1.82, 2.24) is 0 Å². The molecule has 0 radical (unpaired) electrons. The molecule has 1 rings (SSSR count). The molecule has 5 atom stereocenters. The molecule has 5 unspecified atom stereocenters. The molecular weight excluding hydrogens is 232 g/mol. The zero-order chi connectivity index (χ0) is 13.0. The standard InChI is InChI=1S/C15H29ClO/c1-6-12(5)15(16)17-14-9-11(4)7-8-13(14)10(2)3/h10-15H,6-9H2,1-5H3. The van der Waals surface area contributed by atoms with E-state index in [0.29, 0.717) is 23.9 Å². The number of hydrogen-bond donors (Lipinski definition) is 0. The van der Waals surface area contributed by atoms with Crippen molar-refractivity contribution in [3.05, 3.63) is 0 Å².